The number of carboxylic acids is 2. The van der Waals surface area contributed by atoms with Gasteiger partial charge in [0.05, 0.1) is 13.0 Å². The quantitative estimate of drug-likeness (QED) is 0.551. The van der Waals surface area contributed by atoms with E-state index >= 15 is 0 Å². The number of carboxylic acid groups (broad SMARTS) is 2. The molecule has 2 atom stereocenters. The van der Waals surface area contributed by atoms with Crippen molar-refractivity contribution >= 4 is 17.9 Å². The molecule has 1 aliphatic heterocycles. The molecular weight excluding hydrogens is 290 g/mol. The summed E-state index contributed by atoms with van der Waals surface area (Å²) in [7, 11) is 1.45. The van der Waals surface area contributed by atoms with Gasteiger partial charge in [-0.2, -0.15) is 0 Å². The Balaban J connectivity index is 0.000000346. The Morgan fingerprint density at radius 2 is 1.77 bits per heavy atom. The van der Waals surface area contributed by atoms with Crippen LogP contribution in [0.4, 0.5) is 0 Å². The number of hydrogen-bond acceptors (Lipinski definition) is 5. The van der Waals surface area contributed by atoms with Crippen LogP contribution in [0.1, 0.15) is 23.6 Å². The highest BCUT2D eigenvalue weighted by Gasteiger charge is 2.34. The second-order valence-electron chi connectivity index (χ2n) is 4.82. The first-order chi connectivity index (χ1) is 10.4. The summed E-state index contributed by atoms with van der Waals surface area (Å²) in [6.07, 6.45) is 0.853. The summed E-state index contributed by atoms with van der Waals surface area (Å²) in [6.45, 7) is 2.95. The third-order valence-electron chi connectivity index (χ3n) is 3.43. The highest BCUT2D eigenvalue weighted by molar-refractivity contribution is 6.27. The Kier molecular flexibility index (Phi) is 6.52. The van der Waals surface area contributed by atoms with Crippen molar-refractivity contribution in [1.29, 1.82) is 0 Å². The molecule has 1 fully saturated rings. The zero-order chi connectivity index (χ0) is 16.7. The second kappa shape index (κ2) is 8.14. The molecule has 0 saturated carbocycles. The zero-order valence-corrected chi connectivity index (χ0v) is 12.4. The fourth-order valence-corrected chi connectivity index (χ4v) is 2.37. The average Bonchev–Trinajstić information content (AvgIpc) is 2.96. The van der Waals surface area contributed by atoms with Gasteiger partial charge in [-0.05, 0) is 31.0 Å². The summed E-state index contributed by atoms with van der Waals surface area (Å²) in [4.78, 5) is 29.8. The van der Waals surface area contributed by atoms with Crippen LogP contribution >= 0.6 is 0 Å². The molecule has 1 heterocycles. The largest absolute Gasteiger partial charge is 0.473 e. The SMILES string of the molecule is COC(=O)[C@H]1CCN[C@H]1c1ccccc1C.O=C(O)C(=O)O. The summed E-state index contributed by atoms with van der Waals surface area (Å²) < 4.78 is 4.85. The molecule has 1 aromatic rings. The van der Waals surface area contributed by atoms with Gasteiger partial charge in [0.15, 0.2) is 0 Å². The maximum Gasteiger partial charge on any atom is 0.414 e. The fourth-order valence-electron chi connectivity index (χ4n) is 2.37. The number of carbonyl (C=O) groups is 3. The van der Waals surface area contributed by atoms with Crippen molar-refractivity contribution in [3.05, 3.63) is 35.4 Å². The maximum atomic E-state index is 11.6. The molecule has 0 aliphatic carbocycles. The lowest BCUT2D eigenvalue weighted by atomic mass is 9.91. The van der Waals surface area contributed by atoms with E-state index in [0.717, 1.165) is 13.0 Å². The minimum Gasteiger partial charge on any atom is -0.473 e. The number of rotatable bonds is 2. The summed E-state index contributed by atoms with van der Waals surface area (Å²) in [5.41, 5.74) is 2.42. The second-order valence-corrected chi connectivity index (χ2v) is 4.82. The molecule has 1 aliphatic rings. The molecule has 3 N–H and O–H groups in total. The van der Waals surface area contributed by atoms with Gasteiger partial charge in [-0.25, -0.2) is 9.59 Å². The maximum absolute atomic E-state index is 11.6. The number of aryl methyl sites for hydroxylation is 1. The van der Waals surface area contributed by atoms with Crippen molar-refractivity contribution in [2.45, 2.75) is 19.4 Å². The molecular formula is C15H19NO6. The van der Waals surface area contributed by atoms with Crippen LogP contribution in [0, 0.1) is 12.8 Å². The van der Waals surface area contributed by atoms with Crippen LogP contribution in [0.15, 0.2) is 24.3 Å². The molecule has 0 spiro atoms. The van der Waals surface area contributed by atoms with E-state index in [0.29, 0.717) is 0 Å². The van der Waals surface area contributed by atoms with E-state index in [1.54, 1.807) is 0 Å². The van der Waals surface area contributed by atoms with Gasteiger partial charge in [0, 0.05) is 6.04 Å². The molecule has 7 nitrogen and oxygen atoms in total. The van der Waals surface area contributed by atoms with Gasteiger partial charge in [0.1, 0.15) is 0 Å². The lowest BCUT2D eigenvalue weighted by molar-refractivity contribution is -0.159. The Morgan fingerprint density at radius 1 is 1.18 bits per heavy atom. The van der Waals surface area contributed by atoms with E-state index in [-0.39, 0.29) is 17.9 Å². The van der Waals surface area contributed by atoms with E-state index in [1.165, 1.54) is 18.2 Å². The van der Waals surface area contributed by atoms with Crippen LogP contribution in [-0.4, -0.2) is 41.8 Å². The van der Waals surface area contributed by atoms with Gasteiger partial charge in [-0.1, -0.05) is 24.3 Å². The first kappa shape index (κ1) is 17.6. The summed E-state index contributed by atoms with van der Waals surface area (Å²) in [6, 6.07) is 8.28. The van der Waals surface area contributed by atoms with Crippen molar-refractivity contribution in [1.82, 2.24) is 5.32 Å². The van der Waals surface area contributed by atoms with Gasteiger partial charge in [-0.3, -0.25) is 4.79 Å². The van der Waals surface area contributed by atoms with Crippen LogP contribution in [-0.2, 0) is 19.1 Å². The van der Waals surface area contributed by atoms with Crippen LogP contribution in [0.3, 0.4) is 0 Å². The molecule has 2 rings (SSSR count). The zero-order valence-electron chi connectivity index (χ0n) is 12.4. The minimum atomic E-state index is -1.82. The van der Waals surface area contributed by atoms with Gasteiger partial charge in [0.25, 0.3) is 0 Å². The molecule has 0 aromatic heterocycles. The Morgan fingerprint density at radius 3 is 2.27 bits per heavy atom. The summed E-state index contributed by atoms with van der Waals surface area (Å²) in [5, 5.41) is 18.2. The average molecular weight is 309 g/mol. The number of methoxy groups -OCH3 is 1. The lowest BCUT2D eigenvalue weighted by Crippen LogP contribution is -2.25. The number of carbonyl (C=O) groups excluding carboxylic acids is 1. The van der Waals surface area contributed by atoms with E-state index in [4.69, 9.17) is 24.5 Å². The molecule has 120 valence electrons. The topological polar surface area (TPSA) is 113 Å². The van der Waals surface area contributed by atoms with E-state index in [9.17, 15) is 4.79 Å². The number of benzene rings is 1. The Labute approximate surface area is 127 Å². The molecule has 0 radical (unpaired) electrons. The molecule has 0 bridgehead atoms. The first-order valence-electron chi connectivity index (χ1n) is 6.71. The number of ether oxygens (including phenoxy) is 1. The van der Waals surface area contributed by atoms with Crippen molar-refractivity contribution in [2.75, 3.05) is 13.7 Å². The molecule has 0 unspecified atom stereocenters. The third kappa shape index (κ3) is 4.56. The predicted molar refractivity (Wildman–Crippen MR) is 77.3 cm³/mol. The number of nitrogens with one attached hydrogen (secondary N) is 1. The third-order valence-corrected chi connectivity index (χ3v) is 3.43. The molecule has 7 heteroatoms. The van der Waals surface area contributed by atoms with E-state index < -0.39 is 11.9 Å². The standard InChI is InChI=1S/C13H17NO2.C2H2O4/c1-9-5-3-4-6-10(9)12-11(7-8-14-12)13(15)16-2;3-1(4)2(5)6/h3-6,11-12,14H,7-8H2,1-2H3;(H,3,4)(H,5,6)/t11-,12-;/m0./s1. The normalized spacial score (nSPS) is 19.7. The highest BCUT2D eigenvalue weighted by atomic mass is 16.5. The van der Waals surface area contributed by atoms with Crippen LogP contribution in [0.5, 0.6) is 0 Å². The Bertz CT molecular complexity index is 545. The van der Waals surface area contributed by atoms with Crippen LogP contribution < -0.4 is 5.32 Å². The van der Waals surface area contributed by atoms with Crippen molar-refractivity contribution in [3.63, 3.8) is 0 Å². The van der Waals surface area contributed by atoms with E-state index in [1.807, 2.05) is 12.1 Å². The predicted octanol–water partition coefficient (Wildman–Crippen LogP) is 0.974. The minimum absolute atomic E-state index is 0.0499. The number of esters is 1. The fraction of sp³-hybridized carbons (Fsp3) is 0.400. The van der Waals surface area contributed by atoms with Crippen molar-refractivity contribution in [3.8, 4) is 0 Å². The van der Waals surface area contributed by atoms with Crippen LogP contribution in [0.2, 0.25) is 0 Å². The molecule has 1 saturated heterocycles. The molecule has 22 heavy (non-hydrogen) atoms. The Hall–Kier alpha value is -2.41. The molecule has 0 amide bonds. The van der Waals surface area contributed by atoms with Crippen molar-refractivity contribution < 1.29 is 29.3 Å². The molecule has 1 aromatic carbocycles. The monoisotopic (exact) mass is 309 g/mol. The number of hydrogen-bond donors (Lipinski definition) is 3. The van der Waals surface area contributed by atoms with Crippen molar-refractivity contribution in [2.24, 2.45) is 5.92 Å². The van der Waals surface area contributed by atoms with Gasteiger partial charge < -0.3 is 20.3 Å². The highest BCUT2D eigenvalue weighted by Crippen LogP contribution is 2.31. The first-order valence-corrected chi connectivity index (χ1v) is 6.71. The number of aliphatic carboxylic acids is 2. The van der Waals surface area contributed by atoms with Crippen LogP contribution in [0.25, 0.3) is 0 Å². The summed E-state index contributed by atoms with van der Waals surface area (Å²) in [5.74, 6) is -3.81. The smallest absolute Gasteiger partial charge is 0.414 e. The lowest BCUT2D eigenvalue weighted by Gasteiger charge is -2.19. The van der Waals surface area contributed by atoms with Gasteiger partial charge >= 0.3 is 17.9 Å². The van der Waals surface area contributed by atoms with Gasteiger partial charge in [-0.15, -0.1) is 0 Å². The summed E-state index contributed by atoms with van der Waals surface area (Å²) >= 11 is 0. The van der Waals surface area contributed by atoms with E-state index in [2.05, 4.69) is 24.4 Å². The van der Waals surface area contributed by atoms with Gasteiger partial charge in [0.2, 0.25) is 0 Å².